The van der Waals surface area contributed by atoms with Crippen LogP contribution in [0.3, 0.4) is 0 Å². The number of carbonyl (C=O) groups excluding carboxylic acids is 3. The molecule has 1 amide bonds. The van der Waals surface area contributed by atoms with Crippen molar-refractivity contribution in [3.63, 3.8) is 0 Å². The largest absolute Gasteiger partial charge is 0.480 e. The predicted octanol–water partition coefficient (Wildman–Crippen LogP) is 2.09. The molecule has 2 N–H and O–H groups in total. The van der Waals surface area contributed by atoms with Crippen molar-refractivity contribution in [1.29, 1.82) is 0 Å². The van der Waals surface area contributed by atoms with Crippen molar-refractivity contribution < 1.29 is 48.0 Å². The molecule has 184 valence electrons. The van der Waals surface area contributed by atoms with Crippen molar-refractivity contribution >= 4 is 24.0 Å². The number of carboxylic acids is 1. The Morgan fingerprint density at radius 1 is 0.939 bits per heavy atom. The summed E-state index contributed by atoms with van der Waals surface area (Å²) in [4.78, 5) is 46.9. The van der Waals surface area contributed by atoms with E-state index in [1.165, 1.54) is 12.1 Å². The Morgan fingerprint density at radius 3 is 1.97 bits per heavy atom. The summed E-state index contributed by atoms with van der Waals surface area (Å²) in [5, 5.41) is 11.8. The average Bonchev–Trinajstić information content (AvgIpc) is 2.70. The smallest absolute Gasteiger partial charge is 0.408 e. The summed E-state index contributed by atoms with van der Waals surface area (Å²) in [7, 11) is 0. The van der Waals surface area contributed by atoms with Crippen LogP contribution in [-0.2, 0) is 35.0 Å². The number of carbonyl (C=O) groups is 4. The zero-order chi connectivity index (χ0) is 25.0. The third-order valence-electron chi connectivity index (χ3n) is 3.74. The first-order valence-corrected chi connectivity index (χ1v) is 10.4. The van der Waals surface area contributed by atoms with Crippen LogP contribution >= 0.6 is 0 Å². The van der Waals surface area contributed by atoms with Gasteiger partial charge in [-0.2, -0.15) is 0 Å². The van der Waals surface area contributed by atoms with Crippen LogP contribution in [0.25, 0.3) is 0 Å². The molecule has 0 fully saturated rings. The minimum absolute atomic E-state index is 0.0891. The summed E-state index contributed by atoms with van der Waals surface area (Å²) in [6, 6.07) is 3.17. The van der Waals surface area contributed by atoms with E-state index in [4.69, 9.17) is 23.7 Å². The fraction of sp³-hybridized carbons (Fsp3) is 0.545. The number of aliphatic carboxylic acids is 1. The fourth-order valence-electron chi connectivity index (χ4n) is 2.48. The molecular formula is C22H31NO10. The third-order valence-corrected chi connectivity index (χ3v) is 3.74. The molecular weight excluding hydrogens is 438 g/mol. The van der Waals surface area contributed by atoms with Gasteiger partial charge in [-0.1, -0.05) is 6.07 Å². The number of nitrogens with one attached hydrogen (secondary N) is 1. The van der Waals surface area contributed by atoms with E-state index < -0.39 is 42.3 Å². The number of esters is 2. The van der Waals surface area contributed by atoms with Crippen LogP contribution in [0.5, 0.6) is 11.5 Å². The molecule has 0 aliphatic heterocycles. The Morgan fingerprint density at radius 2 is 1.48 bits per heavy atom. The number of benzene rings is 1. The molecule has 0 heterocycles. The summed E-state index contributed by atoms with van der Waals surface area (Å²) in [6.07, 6.45) is -0.981. The van der Waals surface area contributed by atoms with E-state index in [0.717, 1.165) is 0 Å². The monoisotopic (exact) mass is 469 g/mol. The van der Waals surface area contributed by atoms with E-state index in [0.29, 0.717) is 5.56 Å². The summed E-state index contributed by atoms with van der Waals surface area (Å²) in [5.41, 5.74) is -0.333. The molecule has 1 atom stereocenters. The molecule has 1 rings (SSSR count). The fourth-order valence-corrected chi connectivity index (χ4v) is 2.48. The van der Waals surface area contributed by atoms with Gasteiger partial charge in [0.15, 0.2) is 24.7 Å². The molecule has 0 radical (unpaired) electrons. The molecule has 0 saturated heterocycles. The second-order valence-electron chi connectivity index (χ2n) is 7.71. The highest BCUT2D eigenvalue weighted by molar-refractivity contribution is 5.80. The second kappa shape index (κ2) is 13.1. The van der Waals surface area contributed by atoms with Crippen LogP contribution in [0.15, 0.2) is 18.2 Å². The predicted molar refractivity (Wildman–Crippen MR) is 115 cm³/mol. The van der Waals surface area contributed by atoms with Gasteiger partial charge in [0.25, 0.3) is 0 Å². The zero-order valence-electron chi connectivity index (χ0n) is 19.5. The molecule has 11 heteroatoms. The summed E-state index contributed by atoms with van der Waals surface area (Å²) >= 11 is 0. The maximum absolute atomic E-state index is 12.0. The molecule has 0 aromatic heterocycles. The third kappa shape index (κ3) is 11.1. The highest BCUT2D eigenvalue weighted by Gasteiger charge is 2.25. The van der Waals surface area contributed by atoms with Crippen LogP contribution in [0, 0.1) is 0 Å². The van der Waals surface area contributed by atoms with Gasteiger partial charge in [-0.05, 0) is 52.3 Å². The van der Waals surface area contributed by atoms with Gasteiger partial charge >= 0.3 is 24.0 Å². The molecule has 0 aliphatic carbocycles. The summed E-state index contributed by atoms with van der Waals surface area (Å²) in [6.45, 7) is 7.83. The van der Waals surface area contributed by atoms with Gasteiger partial charge in [0.2, 0.25) is 0 Å². The van der Waals surface area contributed by atoms with E-state index in [-0.39, 0.29) is 37.7 Å². The number of amides is 1. The molecule has 0 aliphatic rings. The number of ether oxygens (including phenoxy) is 5. The van der Waals surface area contributed by atoms with Crippen molar-refractivity contribution in [2.24, 2.45) is 0 Å². The Hall–Kier alpha value is -3.50. The van der Waals surface area contributed by atoms with Gasteiger partial charge in [0.1, 0.15) is 11.6 Å². The number of rotatable bonds is 12. The molecule has 0 bridgehead atoms. The maximum Gasteiger partial charge on any atom is 0.408 e. The van der Waals surface area contributed by atoms with Gasteiger partial charge in [-0.25, -0.2) is 19.2 Å². The quantitative estimate of drug-likeness (QED) is 0.344. The van der Waals surface area contributed by atoms with E-state index in [9.17, 15) is 24.3 Å². The topological polar surface area (TPSA) is 147 Å². The van der Waals surface area contributed by atoms with Crippen molar-refractivity contribution in [2.75, 3.05) is 26.4 Å². The van der Waals surface area contributed by atoms with Gasteiger partial charge in [-0.3, -0.25) is 0 Å². The minimum atomic E-state index is -1.29. The summed E-state index contributed by atoms with van der Waals surface area (Å²) < 4.78 is 25.6. The lowest BCUT2D eigenvalue weighted by atomic mass is 10.1. The van der Waals surface area contributed by atoms with E-state index in [1.807, 2.05) is 0 Å². The van der Waals surface area contributed by atoms with E-state index >= 15 is 0 Å². The molecule has 33 heavy (non-hydrogen) atoms. The molecule has 1 aromatic carbocycles. The standard InChI is InChI=1S/C22H31NO10/c1-6-29-18(24)12-31-16-9-8-14(11-17(16)32-13-19(25)30-7-2)10-15(20(26)27)23-21(28)33-22(3,4)5/h8-9,11,15H,6-7,10,12-13H2,1-5H3,(H,23,28)(H,26,27). The van der Waals surface area contributed by atoms with Crippen LogP contribution in [0.4, 0.5) is 4.79 Å². The lowest BCUT2D eigenvalue weighted by Crippen LogP contribution is -2.44. The van der Waals surface area contributed by atoms with Crippen LogP contribution < -0.4 is 14.8 Å². The zero-order valence-corrected chi connectivity index (χ0v) is 19.5. The van der Waals surface area contributed by atoms with Gasteiger partial charge < -0.3 is 34.1 Å². The Kier molecular flexibility index (Phi) is 11.0. The first-order chi connectivity index (χ1) is 15.4. The normalized spacial score (nSPS) is 11.7. The van der Waals surface area contributed by atoms with E-state index in [1.54, 1.807) is 40.7 Å². The summed E-state index contributed by atoms with van der Waals surface area (Å²) in [5.74, 6) is -2.24. The first-order valence-electron chi connectivity index (χ1n) is 10.4. The molecule has 1 aromatic rings. The number of carboxylic acid groups (broad SMARTS) is 1. The van der Waals surface area contributed by atoms with Crippen LogP contribution in [-0.4, -0.2) is 67.2 Å². The Balaban J connectivity index is 3.02. The lowest BCUT2D eigenvalue weighted by molar-refractivity contribution is -0.146. The maximum atomic E-state index is 12.0. The van der Waals surface area contributed by atoms with Crippen molar-refractivity contribution in [2.45, 2.75) is 52.7 Å². The second-order valence-corrected chi connectivity index (χ2v) is 7.71. The molecule has 0 spiro atoms. The van der Waals surface area contributed by atoms with E-state index in [2.05, 4.69) is 5.32 Å². The highest BCUT2D eigenvalue weighted by atomic mass is 16.6. The van der Waals surface area contributed by atoms with Crippen molar-refractivity contribution in [1.82, 2.24) is 5.32 Å². The van der Waals surface area contributed by atoms with Crippen molar-refractivity contribution in [3.05, 3.63) is 23.8 Å². The van der Waals surface area contributed by atoms with Crippen molar-refractivity contribution in [3.8, 4) is 11.5 Å². The highest BCUT2D eigenvalue weighted by Crippen LogP contribution is 2.29. The molecule has 11 nitrogen and oxygen atoms in total. The van der Waals surface area contributed by atoms with Crippen LogP contribution in [0.1, 0.15) is 40.2 Å². The van der Waals surface area contributed by atoms with Gasteiger partial charge in [0.05, 0.1) is 13.2 Å². The van der Waals surface area contributed by atoms with Gasteiger partial charge in [-0.15, -0.1) is 0 Å². The lowest BCUT2D eigenvalue weighted by Gasteiger charge is -2.22. The average molecular weight is 469 g/mol. The number of alkyl carbamates (subject to hydrolysis) is 1. The number of hydrogen-bond donors (Lipinski definition) is 2. The molecule has 0 saturated carbocycles. The van der Waals surface area contributed by atoms with Crippen LogP contribution in [0.2, 0.25) is 0 Å². The Bertz CT molecular complexity index is 831. The van der Waals surface area contributed by atoms with Gasteiger partial charge in [0, 0.05) is 6.42 Å². The molecule has 1 unspecified atom stereocenters. The Labute approximate surface area is 192 Å². The minimum Gasteiger partial charge on any atom is -0.480 e. The SMILES string of the molecule is CCOC(=O)COc1ccc(CC(NC(=O)OC(C)(C)C)C(=O)O)cc1OCC(=O)OCC. The first kappa shape index (κ1) is 27.5. The number of hydrogen-bond acceptors (Lipinski definition) is 9.